The molecule has 0 aromatic rings. The first-order valence-electron chi connectivity index (χ1n) is 7.58. The van der Waals surface area contributed by atoms with Crippen LogP contribution in [0.5, 0.6) is 0 Å². The maximum absolute atomic E-state index is 6.02. The lowest BCUT2D eigenvalue weighted by molar-refractivity contribution is 0.00815. The summed E-state index contributed by atoms with van der Waals surface area (Å²) in [6, 6.07) is 0.539. The predicted molar refractivity (Wildman–Crippen MR) is 79.8 cm³/mol. The zero-order chi connectivity index (χ0) is 13.8. The zero-order valence-electron chi connectivity index (χ0n) is 13.1. The van der Waals surface area contributed by atoms with Crippen molar-refractivity contribution in [2.45, 2.75) is 57.5 Å². The number of nitrogens with zero attached hydrogens (tertiary/aromatic N) is 2. The highest BCUT2D eigenvalue weighted by molar-refractivity contribution is 4.99. The minimum Gasteiger partial charge on any atom is -0.329 e. The number of hydrogen-bond acceptors (Lipinski definition) is 3. The van der Waals surface area contributed by atoms with Crippen LogP contribution in [0.15, 0.2) is 0 Å². The van der Waals surface area contributed by atoms with E-state index in [1.165, 1.54) is 38.6 Å². The largest absolute Gasteiger partial charge is 0.329 e. The van der Waals surface area contributed by atoms with Gasteiger partial charge in [-0.1, -0.05) is 26.7 Å². The van der Waals surface area contributed by atoms with Crippen LogP contribution in [0, 0.1) is 5.92 Å². The molecule has 1 saturated carbocycles. The van der Waals surface area contributed by atoms with E-state index >= 15 is 0 Å². The van der Waals surface area contributed by atoms with Gasteiger partial charge in [-0.3, -0.25) is 0 Å². The Kier molecular flexibility index (Phi) is 6.09. The molecule has 0 heterocycles. The molecule has 0 aromatic heterocycles. The SMILES string of the molecule is CCC(CC)C(CN)N(C)CC1(N(C)C)CCC1. The van der Waals surface area contributed by atoms with Crippen molar-refractivity contribution in [3.63, 3.8) is 0 Å². The van der Waals surface area contributed by atoms with Crippen LogP contribution >= 0.6 is 0 Å². The summed E-state index contributed by atoms with van der Waals surface area (Å²) in [7, 11) is 6.71. The Morgan fingerprint density at radius 1 is 1.11 bits per heavy atom. The van der Waals surface area contributed by atoms with E-state index in [0.29, 0.717) is 11.6 Å². The van der Waals surface area contributed by atoms with Gasteiger partial charge in [-0.15, -0.1) is 0 Å². The molecular formula is C15H33N3. The highest BCUT2D eigenvalue weighted by Crippen LogP contribution is 2.37. The molecule has 2 N–H and O–H groups in total. The van der Waals surface area contributed by atoms with Gasteiger partial charge in [-0.05, 0) is 46.3 Å². The quantitative estimate of drug-likeness (QED) is 0.721. The molecule has 18 heavy (non-hydrogen) atoms. The Balaban J connectivity index is 2.64. The number of rotatable bonds is 8. The Morgan fingerprint density at radius 3 is 1.94 bits per heavy atom. The number of nitrogens with two attached hydrogens (primary N) is 1. The first-order chi connectivity index (χ1) is 8.50. The first-order valence-corrected chi connectivity index (χ1v) is 7.58. The number of hydrogen-bond donors (Lipinski definition) is 1. The standard InChI is InChI=1S/C15H33N3/c1-6-13(7-2)14(11-16)18(5)12-15(17(3)4)9-8-10-15/h13-14H,6-12,16H2,1-5H3. The van der Waals surface area contributed by atoms with Gasteiger partial charge in [0, 0.05) is 24.7 Å². The first kappa shape index (κ1) is 15.9. The molecular weight excluding hydrogens is 222 g/mol. The molecule has 0 aliphatic heterocycles. The van der Waals surface area contributed by atoms with Crippen LogP contribution in [0.25, 0.3) is 0 Å². The van der Waals surface area contributed by atoms with Gasteiger partial charge >= 0.3 is 0 Å². The van der Waals surface area contributed by atoms with Gasteiger partial charge in [-0.25, -0.2) is 0 Å². The zero-order valence-corrected chi connectivity index (χ0v) is 13.1. The van der Waals surface area contributed by atoms with E-state index in [0.717, 1.165) is 12.5 Å². The summed E-state index contributed by atoms with van der Waals surface area (Å²) in [5.74, 6) is 0.735. The van der Waals surface area contributed by atoms with Gasteiger partial charge in [0.15, 0.2) is 0 Å². The molecule has 0 amide bonds. The maximum atomic E-state index is 6.02. The molecule has 0 aromatic carbocycles. The average molecular weight is 255 g/mol. The predicted octanol–water partition coefficient (Wildman–Crippen LogP) is 2.17. The van der Waals surface area contributed by atoms with Crippen molar-refractivity contribution in [1.29, 1.82) is 0 Å². The Bertz CT molecular complexity index is 232. The lowest BCUT2D eigenvalue weighted by Gasteiger charge is -2.51. The highest BCUT2D eigenvalue weighted by atomic mass is 15.2. The van der Waals surface area contributed by atoms with Crippen molar-refractivity contribution < 1.29 is 0 Å². The third kappa shape index (κ3) is 3.25. The molecule has 0 radical (unpaired) electrons. The normalized spacial score (nSPS) is 20.5. The lowest BCUT2D eigenvalue weighted by Crippen LogP contribution is -2.59. The molecule has 0 spiro atoms. The fourth-order valence-electron chi connectivity index (χ4n) is 3.48. The molecule has 3 nitrogen and oxygen atoms in total. The summed E-state index contributed by atoms with van der Waals surface area (Å²) in [5, 5.41) is 0. The van der Waals surface area contributed by atoms with Gasteiger partial charge in [0.2, 0.25) is 0 Å². The topological polar surface area (TPSA) is 32.5 Å². The van der Waals surface area contributed by atoms with Crippen molar-refractivity contribution in [2.24, 2.45) is 11.7 Å². The van der Waals surface area contributed by atoms with Crippen LogP contribution in [0.3, 0.4) is 0 Å². The minimum atomic E-state index is 0.411. The van der Waals surface area contributed by atoms with Gasteiger partial charge in [0.1, 0.15) is 0 Å². The molecule has 1 rings (SSSR count). The fourth-order valence-corrected chi connectivity index (χ4v) is 3.48. The average Bonchev–Trinajstić information content (AvgIpc) is 2.29. The molecule has 1 fully saturated rings. The van der Waals surface area contributed by atoms with Crippen LogP contribution in [0.4, 0.5) is 0 Å². The molecule has 1 atom stereocenters. The van der Waals surface area contributed by atoms with Crippen molar-refractivity contribution in [3.05, 3.63) is 0 Å². The molecule has 108 valence electrons. The third-order valence-electron chi connectivity index (χ3n) is 5.18. The van der Waals surface area contributed by atoms with E-state index in [2.05, 4.69) is 44.8 Å². The lowest BCUT2D eigenvalue weighted by atomic mass is 9.75. The third-order valence-corrected chi connectivity index (χ3v) is 5.18. The van der Waals surface area contributed by atoms with Crippen LogP contribution in [0.2, 0.25) is 0 Å². The summed E-state index contributed by atoms with van der Waals surface area (Å²) < 4.78 is 0. The molecule has 0 bridgehead atoms. The monoisotopic (exact) mass is 255 g/mol. The maximum Gasteiger partial charge on any atom is 0.0330 e. The van der Waals surface area contributed by atoms with Crippen LogP contribution < -0.4 is 5.73 Å². The van der Waals surface area contributed by atoms with E-state index in [1.807, 2.05) is 0 Å². The van der Waals surface area contributed by atoms with E-state index in [-0.39, 0.29) is 0 Å². The summed E-state index contributed by atoms with van der Waals surface area (Å²) in [4.78, 5) is 4.95. The summed E-state index contributed by atoms with van der Waals surface area (Å²) in [6.45, 7) is 6.52. The van der Waals surface area contributed by atoms with Crippen LogP contribution in [-0.2, 0) is 0 Å². The molecule has 3 heteroatoms. The molecule has 1 unspecified atom stereocenters. The second-order valence-electron chi connectivity index (χ2n) is 6.27. The van der Waals surface area contributed by atoms with Gasteiger partial charge < -0.3 is 15.5 Å². The van der Waals surface area contributed by atoms with Crippen molar-refractivity contribution >= 4 is 0 Å². The van der Waals surface area contributed by atoms with Crippen molar-refractivity contribution in [3.8, 4) is 0 Å². The summed E-state index contributed by atoms with van der Waals surface area (Å²) in [5.41, 5.74) is 6.44. The van der Waals surface area contributed by atoms with Gasteiger partial charge in [0.05, 0.1) is 0 Å². The van der Waals surface area contributed by atoms with E-state index in [9.17, 15) is 0 Å². The van der Waals surface area contributed by atoms with Gasteiger partial charge in [0.25, 0.3) is 0 Å². The summed E-state index contributed by atoms with van der Waals surface area (Å²) >= 11 is 0. The van der Waals surface area contributed by atoms with Crippen molar-refractivity contribution in [1.82, 2.24) is 9.80 Å². The highest BCUT2D eigenvalue weighted by Gasteiger charge is 2.41. The second-order valence-corrected chi connectivity index (χ2v) is 6.27. The molecule has 0 saturated heterocycles. The Labute approximate surface area is 114 Å². The van der Waals surface area contributed by atoms with Crippen LogP contribution in [0.1, 0.15) is 46.0 Å². The minimum absolute atomic E-state index is 0.411. The van der Waals surface area contributed by atoms with Crippen LogP contribution in [-0.4, -0.2) is 55.6 Å². The van der Waals surface area contributed by atoms with E-state index in [1.54, 1.807) is 0 Å². The van der Waals surface area contributed by atoms with E-state index in [4.69, 9.17) is 5.73 Å². The van der Waals surface area contributed by atoms with Crippen molar-refractivity contribution in [2.75, 3.05) is 34.2 Å². The summed E-state index contributed by atoms with van der Waals surface area (Å²) in [6.07, 6.45) is 6.52. The smallest absolute Gasteiger partial charge is 0.0330 e. The van der Waals surface area contributed by atoms with Gasteiger partial charge in [-0.2, -0.15) is 0 Å². The Morgan fingerprint density at radius 2 is 1.67 bits per heavy atom. The molecule has 1 aliphatic carbocycles. The second kappa shape index (κ2) is 6.88. The Hall–Kier alpha value is -0.120. The fraction of sp³-hybridized carbons (Fsp3) is 1.00. The molecule has 1 aliphatic rings. The number of likely N-dealkylation sites (N-methyl/N-ethyl adjacent to an activating group) is 2. The van der Waals surface area contributed by atoms with E-state index < -0.39 is 0 Å².